The van der Waals surface area contributed by atoms with Crippen molar-refractivity contribution in [3.8, 4) is 0 Å². The molecule has 8 heteroatoms. The smallest absolute Gasteiger partial charge is 0.251 e. The molecule has 1 aromatic heterocycles. The zero-order chi connectivity index (χ0) is 23.1. The van der Waals surface area contributed by atoms with Crippen LogP contribution in [0.2, 0.25) is 0 Å². The van der Waals surface area contributed by atoms with E-state index in [1.807, 2.05) is 30.0 Å². The molecule has 0 spiro atoms. The maximum atomic E-state index is 12.9. The van der Waals surface area contributed by atoms with Gasteiger partial charge in [0.2, 0.25) is 5.91 Å². The molecule has 0 unspecified atom stereocenters. The average Bonchev–Trinajstić information content (AvgIpc) is 3.16. The van der Waals surface area contributed by atoms with Gasteiger partial charge in [0, 0.05) is 37.3 Å². The van der Waals surface area contributed by atoms with Crippen LogP contribution in [0.5, 0.6) is 0 Å². The number of nitrogens with one attached hydrogen (secondary N) is 1. The zero-order valence-electron chi connectivity index (χ0n) is 19.7. The largest absolute Gasteiger partial charge is 0.347 e. The molecular weight excluding hydrogens is 422 g/mol. The number of hydrogen-bond acceptors (Lipinski definition) is 6. The van der Waals surface area contributed by atoms with Gasteiger partial charge in [0.15, 0.2) is 0 Å². The van der Waals surface area contributed by atoms with Crippen LogP contribution in [-0.4, -0.2) is 45.4 Å². The molecule has 7 nitrogen and oxygen atoms in total. The monoisotopic (exact) mass is 457 g/mol. The van der Waals surface area contributed by atoms with Gasteiger partial charge in [0.05, 0.1) is 17.1 Å². The fourth-order valence-electron chi connectivity index (χ4n) is 4.09. The first-order chi connectivity index (χ1) is 15.4. The molecule has 2 amide bonds. The molecule has 3 rings (SSSR count). The molecule has 0 aliphatic carbocycles. The van der Waals surface area contributed by atoms with Gasteiger partial charge in [-0.3, -0.25) is 14.5 Å². The maximum Gasteiger partial charge on any atom is 0.251 e. The minimum atomic E-state index is -0.128. The molecule has 0 bridgehead atoms. The van der Waals surface area contributed by atoms with Crippen molar-refractivity contribution in [3.63, 3.8) is 0 Å². The van der Waals surface area contributed by atoms with Gasteiger partial charge in [0.1, 0.15) is 0 Å². The minimum absolute atomic E-state index is 0.0461. The zero-order valence-corrected chi connectivity index (χ0v) is 20.5. The number of benzene rings is 1. The average molecular weight is 458 g/mol. The highest BCUT2D eigenvalue weighted by Gasteiger charge is 2.21. The molecule has 32 heavy (non-hydrogen) atoms. The van der Waals surface area contributed by atoms with E-state index < -0.39 is 0 Å². The Bertz CT molecular complexity index is 927. The summed E-state index contributed by atoms with van der Waals surface area (Å²) in [5, 5.41) is 6.98. The lowest BCUT2D eigenvalue weighted by Gasteiger charge is -2.31. The van der Waals surface area contributed by atoms with Crippen LogP contribution in [0.4, 0.5) is 5.69 Å². The molecule has 0 fully saturated rings. The van der Waals surface area contributed by atoms with Crippen molar-refractivity contribution in [1.29, 1.82) is 0 Å². The summed E-state index contributed by atoms with van der Waals surface area (Å²) in [5.74, 6) is -0.0815. The van der Waals surface area contributed by atoms with Crippen LogP contribution in [0.1, 0.15) is 79.4 Å². The fourth-order valence-corrected chi connectivity index (χ4v) is 4.67. The quantitative estimate of drug-likeness (QED) is 0.740. The molecule has 0 atom stereocenters. The van der Waals surface area contributed by atoms with Crippen molar-refractivity contribution in [2.24, 2.45) is 0 Å². The molecule has 1 aliphatic heterocycles. The van der Waals surface area contributed by atoms with Crippen molar-refractivity contribution in [2.75, 3.05) is 18.0 Å². The van der Waals surface area contributed by atoms with Crippen molar-refractivity contribution in [1.82, 2.24) is 19.8 Å². The lowest BCUT2D eigenvalue weighted by molar-refractivity contribution is -0.116. The van der Waals surface area contributed by atoms with E-state index in [2.05, 4.69) is 33.7 Å². The van der Waals surface area contributed by atoms with Gasteiger partial charge in [-0.15, -0.1) is 5.10 Å². The van der Waals surface area contributed by atoms with E-state index in [9.17, 15) is 9.59 Å². The van der Waals surface area contributed by atoms with Crippen LogP contribution in [0.3, 0.4) is 0 Å². The van der Waals surface area contributed by atoms with Gasteiger partial charge in [0.25, 0.3) is 5.91 Å². The summed E-state index contributed by atoms with van der Waals surface area (Å²) in [6.07, 6.45) is 5.72. The first-order valence-corrected chi connectivity index (χ1v) is 12.3. The normalized spacial score (nSPS) is 16.2. The number of carbonyl (C=O) groups is 2. The fraction of sp³-hybridized carbons (Fsp3) is 0.583. The molecule has 1 N–H and O–H groups in total. The standard InChI is InChI=1S/C24H35N5O2S/c1-17(2)28-12-8-6-5-7-9-13-29(19(4)30)22-11-10-20(14-21(22)16-28)24(31)25-15-23-18(3)26-27-32-23/h10-11,14,17H,5-9,12-13,15-16H2,1-4H3,(H,25,31). The van der Waals surface area contributed by atoms with Crippen LogP contribution >= 0.6 is 11.5 Å². The number of fused-ring (bicyclic) bond motifs is 1. The number of amides is 2. The Labute approximate surface area is 195 Å². The summed E-state index contributed by atoms with van der Waals surface area (Å²) in [7, 11) is 0. The predicted molar refractivity (Wildman–Crippen MR) is 129 cm³/mol. The molecule has 0 saturated heterocycles. The van der Waals surface area contributed by atoms with E-state index in [4.69, 9.17) is 0 Å². The van der Waals surface area contributed by atoms with Gasteiger partial charge >= 0.3 is 0 Å². The van der Waals surface area contributed by atoms with Crippen molar-refractivity contribution in [2.45, 2.75) is 78.9 Å². The highest BCUT2D eigenvalue weighted by Crippen LogP contribution is 2.27. The minimum Gasteiger partial charge on any atom is -0.347 e. The van der Waals surface area contributed by atoms with Crippen LogP contribution in [0.25, 0.3) is 0 Å². The van der Waals surface area contributed by atoms with Crippen LogP contribution < -0.4 is 10.2 Å². The number of aromatic nitrogens is 2. The highest BCUT2D eigenvalue weighted by molar-refractivity contribution is 7.05. The van der Waals surface area contributed by atoms with Gasteiger partial charge < -0.3 is 10.2 Å². The van der Waals surface area contributed by atoms with Crippen molar-refractivity contribution < 1.29 is 9.59 Å². The molecule has 2 heterocycles. The van der Waals surface area contributed by atoms with E-state index >= 15 is 0 Å². The molecule has 1 aromatic carbocycles. The maximum absolute atomic E-state index is 12.9. The first-order valence-electron chi connectivity index (χ1n) is 11.6. The summed E-state index contributed by atoms with van der Waals surface area (Å²) in [4.78, 5) is 30.7. The summed E-state index contributed by atoms with van der Waals surface area (Å²) >= 11 is 1.30. The topological polar surface area (TPSA) is 78.4 Å². The Balaban J connectivity index is 1.89. The van der Waals surface area contributed by atoms with Crippen molar-refractivity contribution >= 4 is 29.0 Å². The Hall–Kier alpha value is -2.32. The van der Waals surface area contributed by atoms with Gasteiger partial charge in [-0.1, -0.05) is 23.8 Å². The van der Waals surface area contributed by atoms with E-state index in [0.717, 1.165) is 47.8 Å². The molecule has 1 aliphatic rings. The second kappa shape index (κ2) is 11.5. The Kier molecular flexibility index (Phi) is 8.75. The van der Waals surface area contributed by atoms with Gasteiger partial charge in [-0.05, 0) is 75.5 Å². The molecule has 174 valence electrons. The lowest BCUT2D eigenvalue weighted by Crippen LogP contribution is -2.35. The van der Waals surface area contributed by atoms with E-state index in [1.54, 1.807) is 6.92 Å². The van der Waals surface area contributed by atoms with Crippen molar-refractivity contribution in [3.05, 3.63) is 39.9 Å². The summed E-state index contributed by atoms with van der Waals surface area (Å²) in [6, 6.07) is 6.11. The first kappa shape index (κ1) is 24.3. The number of hydrogen-bond donors (Lipinski definition) is 1. The predicted octanol–water partition coefficient (Wildman–Crippen LogP) is 4.30. The number of anilines is 1. The van der Waals surface area contributed by atoms with Crippen LogP contribution in [0, 0.1) is 6.92 Å². The molecule has 0 radical (unpaired) electrons. The summed E-state index contributed by atoms with van der Waals surface area (Å²) < 4.78 is 3.93. The number of rotatable bonds is 4. The Morgan fingerprint density at radius 3 is 2.50 bits per heavy atom. The lowest BCUT2D eigenvalue weighted by atomic mass is 10.0. The SMILES string of the molecule is CC(=O)N1CCCCCCCN(C(C)C)Cc2cc(C(=O)NCc3snnc3C)ccc21. The summed E-state index contributed by atoms with van der Waals surface area (Å²) in [5.41, 5.74) is 3.40. The second-order valence-electron chi connectivity index (χ2n) is 8.81. The molecular formula is C24H35N5O2S. The second-order valence-corrected chi connectivity index (χ2v) is 9.65. The summed E-state index contributed by atoms with van der Waals surface area (Å²) in [6.45, 7) is 10.8. The van der Waals surface area contributed by atoms with Crippen LogP contribution in [-0.2, 0) is 17.9 Å². The number of aryl methyl sites for hydroxylation is 1. The number of nitrogens with zero attached hydrogens (tertiary/aromatic N) is 4. The highest BCUT2D eigenvalue weighted by atomic mass is 32.1. The van der Waals surface area contributed by atoms with E-state index in [1.165, 1.54) is 30.8 Å². The van der Waals surface area contributed by atoms with Crippen LogP contribution in [0.15, 0.2) is 18.2 Å². The van der Waals surface area contributed by atoms with E-state index in [-0.39, 0.29) is 11.8 Å². The molecule has 0 saturated carbocycles. The third-order valence-corrected chi connectivity index (χ3v) is 6.92. The van der Waals surface area contributed by atoms with E-state index in [0.29, 0.717) is 24.7 Å². The van der Waals surface area contributed by atoms with Gasteiger partial charge in [-0.25, -0.2) is 0 Å². The third-order valence-electron chi connectivity index (χ3n) is 6.10. The number of carbonyl (C=O) groups excluding carboxylic acids is 2. The Morgan fingerprint density at radius 1 is 1.12 bits per heavy atom. The molecule has 2 aromatic rings. The third kappa shape index (κ3) is 6.36. The Morgan fingerprint density at radius 2 is 1.84 bits per heavy atom. The van der Waals surface area contributed by atoms with Gasteiger partial charge in [-0.2, -0.15) is 0 Å².